The van der Waals surface area contributed by atoms with E-state index in [4.69, 9.17) is 4.74 Å². The second-order valence-corrected chi connectivity index (χ2v) is 4.04. The van der Waals surface area contributed by atoms with Gasteiger partial charge >= 0.3 is 5.97 Å². The Balaban J connectivity index is 2.92. The average molecular weight is 222 g/mol. The molecule has 0 spiro atoms. The summed E-state index contributed by atoms with van der Waals surface area (Å²) in [6, 6.07) is 0. The molecule has 1 unspecified atom stereocenters. The van der Waals surface area contributed by atoms with Crippen molar-refractivity contribution in [3.63, 3.8) is 0 Å². The topological polar surface area (TPSA) is 43.4 Å². The Morgan fingerprint density at radius 1 is 1.50 bits per heavy atom. The molecule has 3 heteroatoms. The average Bonchev–Trinajstić information content (AvgIpc) is 2.28. The number of esters is 1. The lowest BCUT2D eigenvalue weighted by Gasteiger charge is -2.31. The first-order valence-corrected chi connectivity index (χ1v) is 5.77. The van der Waals surface area contributed by atoms with E-state index >= 15 is 0 Å². The molecule has 0 aromatic rings. The predicted octanol–water partition coefficient (Wildman–Crippen LogP) is 2.09. The molecule has 0 amide bonds. The van der Waals surface area contributed by atoms with Crippen molar-refractivity contribution in [2.24, 2.45) is 5.41 Å². The van der Waals surface area contributed by atoms with Crippen molar-refractivity contribution in [3.8, 4) is 11.8 Å². The van der Waals surface area contributed by atoms with Gasteiger partial charge in [-0.3, -0.25) is 9.59 Å². The van der Waals surface area contributed by atoms with E-state index in [2.05, 4.69) is 11.8 Å². The summed E-state index contributed by atoms with van der Waals surface area (Å²) in [5, 5.41) is 0. The SMILES string of the molecule is CC#CCC1(C(=O)OCC)CCCCC1=O. The highest BCUT2D eigenvalue weighted by Gasteiger charge is 2.47. The maximum Gasteiger partial charge on any atom is 0.320 e. The Kier molecular flexibility index (Phi) is 4.54. The van der Waals surface area contributed by atoms with E-state index in [0.717, 1.165) is 12.8 Å². The highest BCUT2D eigenvalue weighted by atomic mass is 16.5. The molecule has 1 aliphatic carbocycles. The van der Waals surface area contributed by atoms with Gasteiger partial charge in [0, 0.05) is 12.8 Å². The maximum atomic E-state index is 12.0. The van der Waals surface area contributed by atoms with Gasteiger partial charge in [0.1, 0.15) is 5.41 Å². The van der Waals surface area contributed by atoms with Gasteiger partial charge in [0.05, 0.1) is 6.61 Å². The first-order valence-electron chi connectivity index (χ1n) is 5.77. The molecule has 3 nitrogen and oxygen atoms in total. The second kappa shape index (κ2) is 5.69. The van der Waals surface area contributed by atoms with Gasteiger partial charge in [-0.2, -0.15) is 0 Å². The highest BCUT2D eigenvalue weighted by Crippen LogP contribution is 2.37. The first kappa shape index (κ1) is 12.8. The fourth-order valence-electron chi connectivity index (χ4n) is 2.07. The third-order valence-electron chi connectivity index (χ3n) is 3.02. The summed E-state index contributed by atoms with van der Waals surface area (Å²) in [4.78, 5) is 23.9. The third-order valence-corrected chi connectivity index (χ3v) is 3.02. The van der Waals surface area contributed by atoms with Crippen molar-refractivity contribution >= 4 is 11.8 Å². The predicted molar refractivity (Wildman–Crippen MR) is 60.6 cm³/mol. The van der Waals surface area contributed by atoms with Crippen LogP contribution in [-0.4, -0.2) is 18.4 Å². The zero-order valence-electron chi connectivity index (χ0n) is 9.97. The number of rotatable bonds is 3. The van der Waals surface area contributed by atoms with Crippen molar-refractivity contribution in [1.29, 1.82) is 0 Å². The molecule has 0 aromatic heterocycles. The van der Waals surface area contributed by atoms with Crippen LogP contribution in [0, 0.1) is 17.3 Å². The van der Waals surface area contributed by atoms with Crippen LogP contribution >= 0.6 is 0 Å². The summed E-state index contributed by atoms with van der Waals surface area (Å²) < 4.78 is 5.02. The molecule has 0 aromatic carbocycles. The van der Waals surface area contributed by atoms with Crippen LogP contribution in [0.15, 0.2) is 0 Å². The summed E-state index contributed by atoms with van der Waals surface area (Å²) in [7, 11) is 0. The van der Waals surface area contributed by atoms with Crippen LogP contribution in [0.2, 0.25) is 0 Å². The van der Waals surface area contributed by atoms with Gasteiger partial charge in [-0.25, -0.2) is 0 Å². The Hall–Kier alpha value is -1.30. The normalized spacial score (nSPS) is 24.5. The smallest absolute Gasteiger partial charge is 0.320 e. The van der Waals surface area contributed by atoms with Gasteiger partial charge in [-0.15, -0.1) is 11.8 Å². The van der Waals surface area contributed by atoms with E-state index in [1.807, 2.05) is 0 Å². The second-order valence-electron chi connectivity index (χ2n) is 4.04. The van der Waals surface area contributed by atoms with Crippen LogP contribution in [0.5, 0.6) is 0 Å². The van der Waals surface area contributed by atoms with Crippen molar-refractivity contribution in [2.75, 3.05) is 6.61 Å². The van der Waals surface area contributed by atoms with Gasteiger partial charge < -0.3 is 4.74 Å². The Morgan fingerprint density at radius 2 is 2.25 bits per heavy atom. The largest absolute Gasteiger partial charge is 0.465 e. The summed E-state index contributed by atoms with van der Waals surface area (Å²) in [5.41, 5.74) is -0.975. The van der Waals surface area contributed by atoms with Gasteiger partial charge in [0.25, 0.3) is 0 Å². The molecule has 1 fully saturated rings. The van der Waals surface area contributed by atoms with Crippen LogP contribution < -0.4 is 0 Å². The van der Waals surface area contributed by atoms with Gasteiger partial charge in [0.2, 0.25) is 0 Å². The minimum atomic E-state index is -0.975. The molecule has 1 atom stereocenters. The molecule has 0 heterocycles. The lowest BCUT2D eigenvalue weighted by atomic mass is 9.71. The van der Waals surface area contributed by atoms with E-state index in [1.165, 1.54) is 0 Å². The molecule has 1 aliphatic rings. The van der Waals surface area contributed by atoms with Crippen LogP contribution in [0.25, 0.3) is 0 Å². The Morgan fingerprint density at radius 3 is 2.81 bits per heavy atom. The molecular formula is C13H18O3. The van der Waals surface area contributed by atoms with Crippen LogP contribution in [0.4, 0.5) is 0 Å². The van der Waals surface area contributed by atoms with Crippen LogP contribution in [0.3, 0.4) is 0 Å². The molecule has 1 rings (SSSR count). The molecule has 0 bridgehead atoms. The number of hydrogen-bond donors (Lipinski definition) is 0. The molecule has 0 saturated heterocycles. The number of ketones is 1. The number of Topliss-reactive ketones (excluding diaryl/α,β-unsaturated/α-hetero) is 1. The lowest BCUT2D eigenvalue weighted by molar-refractivity contribution is -0.161. The first-order chi connectivity index (χ1) is 7.67. The van der Waals surface area contributed by atoms with Crippen molar-refractivity contribution in [3.05, 3.63) is 0 Å². The number of carbonyl (C=O) groups excluding carboxylic acids is 2. The zero-order chi connectivity index (χ0) is 12.0. The standard InChI is InChI=1S/C13H18O3/c1-3-5-9-13(12(15)16-4-2)10-7-6-8-11(13)14/h4,6-10H2,1-2H3. The number of hydrogen-bond acceptors (Lipinski definition) is 3. The summed E-state index contributed by atoms with van der Waals surface area (Å²) in [5.74, 6) is 5.22. The number of ether oxygens (including phenoxy) is 1. The van der Waals surface area contributed by atoms with Crippen molar-refractivity contribution < 1.29 is 14.3 Å². The van der Waals surface area contributed by atoms with Gasteiger partial charge in [0.15, 0.2) is 5.78 Å². The van der Waals surface area contributed by atoms with E-state index in [0.29, 0.717) is 25.9 Å². The van der Waals surface area contributed by atoms with Gasteiger partial charge in [-0.05, 0) is 26.7 Å². The van der Waals surface area contributed by atoms with Crippen LogP contribution in [0.1, 0.15) is 46.0 Å². The quantitative estimate of drug-likeness (QED) is 0.417. The maximum absolute atomic E-state index is 12.0. The molecule has 0 N–H and O–H groups in total. The molecular weight excluding hydrogens is 204 g/mol. The monoisotopic (exact) mass is 222 g/mol. The summed E-state index contributed by atoms with van der Waals surface area (Å²) >= 11 is 0. The van der Waals surface area contributed by atoms with Gasteiger partial charge in [-0.1, -0.05) is 6.42 Å². The molecule has 16 heavy (non-hydrogen) atoms. The molecule has 0 aliphatic heterocycles. The Labute approximate surface area is 96.5 Å². The Bertz CT molecular complexity index is 335. The van der Waals surface area contributed by atoms with E-state index in [-0.39, 0.29) is 11.8 Å². The fourth-order valence-corrected chi connectivity index (χ4v) is 2.07. The van der Waals surface area contributed by atoms with Crippen molar-refractivity contribution in [2.45, 2.75) is 46.0 Å². The zero-order valence-corrected chi connectivity index (χ0v) is 9.97. The molecule has 1 saturated carbocycles. The third kappa shape index (κ3) is 2.44. The van der Waals surface area contributed by atoms with E-state index in [1.54, 1.807) is 13.8 Å². The minimum absolute atomic E-state index is 0.0000463. The summed E-state index contributed by atoms with van der Waals surface area (Å²) in [6.07, 6.45) is 3.14. The number of carbonyl (C=O) groups is 2. The van der Waals surface area contributed by atoms with Crippen LogP contribution in [-0.2, 0) is 14.3 Å². The summed E-state index contributed by atoms with van der Waals surface area (Å²) in [6.45, 7) is 3.78. The van der Waals surface area contributed by atoms with E-state index in [9.17, 15) is 9.59 Å². The molecule has 88 valence electrons. The highest BCUT2D eigenvalue weighted by molar-refractivity contribution is 6.04. The van der Waals surface area contributed by atoms with Crippen molar-refractivity contribution in [1.82, 2.24) is 0 Å². The minimum Gasteiger partial charge on any atom is -0.465 e. The molecule has 0 radical (unpaired) electrons. The fraction of sp³-hybridized carbons (Fsp3) is 0.692. The van der Waals surface area contributed by atoms with E-state index < -0.39 is 5.41 Å². The lowest BCUT2D eigenvalue weighted by Crippen LogP contribution is -2.42.